The normalized spacial score (nSPS) is 14.4. The van der Waals surface area contributed by atoms with Crippen LogP contribution < -0.4 is 5.32 Å². The van der Waals surface area contributed by atoms with Gasteiger partial charge in [0.2, 0.25) is 5.91 Å². The monoisotopic (exact) mass is 225 g/mol. The molecule has 0 rings (SSSR count). The molecule has 1 unspecified atom stereocenters. The van der Waals surface area contributed by atoms with E-state index in [4.69, 9.17) is 4.55 Å². The van der Waals surface area contributed by atoms with Crippen molar-refractivity contribution in [2.75, 3.05) is 0 Å². The number of rotatable bonds is 4. The van der Waals surface area contributed by atoms with Gasteiger partial charge in [0, 0.05) is 6.08 Å². The lowest BCUT2D eigenvalue weighted by molar-refractivity contribution is -0.116. The summed E-state index contributed by atoms with van der Waals surface area (Å²) in [4.78, 5) is 10.8. The average molecular weight is 225 g/mol. The molecule has 0 radical (unpaired) electrons. The smallest absolute Gasteiger partial charge is 0.286 e. The standard InChI is InChI=1S/C6H11NO4S2/c1-2-6(13(9,10)11)7-5(8)3-4-12/h3-4,6,12H,2H2,1H3,(H,7,8)(H,9,10,11). The number of amides is 1. The molecule has 13 heavy (non-hydrogen) atoms. The highest BCUT2D eigenvalue weighted by atomic mass is 32.2. The van der Waals surface area contributed by atoms with Crippen LogP contribution in [0.3, 0.4) is 0 Å². The van der Waals surface area contributed by atoms with Gasteiger partial charge in [-0.25, -0.2) is 0 Å². The predicted octanol–water partition coefficient (Wildman–Crippen LogP) is 0.170. The summed E-state index contributed by atoms with van der Waals surface area (Å²) in [5.41, 5.74) is 0. The molecule has 0 aliphatic carbocycles. The minimum absolute atomic E-state index is 0.102. The number of hydrogen-bond donors (Lipinski definition) is 3. The second-order valence-electron chi connectivity index (χ2n) is 2.24. The molecule has 0 aliphatic heterocycles. The molecule has 1 amide bonds. The lowest BCUT2D eigenvalue weighted by Crippen LogP contribution is -2.39. The Morgan fingerprint density at radius 2 is 2.23 bits per heavy atom. The summed E-state index contributed by atoms with van der Waals surface area (Å²) in [5.74, 6) is -0.612. The molecule has 1 atom stereocenters. The zero-order valence-electron chi connectivity index (χ0n) is 6.97. The van der Waals surface area contributed by atoms with Gasteiger partial charge >= 0.3 is 0 Å². The molecule has 2 N–H and O–H groups in total. The highest BCUT2D eigenvalue weighted by Crippen LogP contribution is 1.99. The summed E-state index contributed by atoms with van der Waals surface area (Å²) in [7, 11) is -4.22. The van der Waals surface area contributed by atoms with Crippen LogP contribution in [0.15, 0.2) is 11.5 Å². The molecule has 0 aromatic heterocycles. The van der Waals surface area contributed by atoms with Gasteiger partial charge < -0.3 is 5.32 Å². The first kappa shape index (κ1) is 12.5. The molecule has 0 saturated carbocycles. The molecule has 0 heterocycles. The summed E-state index contributed by atoms with van der Waals surface area (Å²) < 4.78 is 29.8. The SMILES string of the molecule is CCC(NC(=O)C=CS)S(=O)(=O)O. The Morgan fingerprint density at radius 3 is 2.54 bits per heavy atom. The Kier molecular flexibility index (Phi) is 5.04. The molecule has 0 aliphatic rings. The van der Waals surface area contributed by atoms with E-state index in [9.17, 15) is 13.2 Å². The van der Waals surface area contributed by atoms with Crippen LogP contribution in [0.25, 0.3) is 0 Å². The Bertz CT molecular complexity index is 296. The molecule has 7 heteroatoms. The van der Waals surface area contributed by atoms with Gasteiger partial charge in [-0.2, -0.15) is 21.0 Å². The maximum absolute atomic E-state index is 10.8. The van der Waals surface area contributed by atoms with Gasteiger partial charge in [-0.15, -0.1) is 0 Å². The van der Waals surface area contributed by atoms with Crippen molar-refractivity contribution < 1.29 is 17.8 Å². The van der Waals surface area contributed by atoms with Crippen LogP contribution in [0.2, 0.25) is 0 Å². The van der Waals surface area contributed by atoms with Crippen molar-refractivity contribution in [2.45, 2.75) is 18.7 Å². The van der Waals surface area contributed by atoms with E-state index in [1.807, 2.05) is 0 Å². The van der Waals surface area contributed by atoms with Crippen LogP contribution in [0.5, 0.6) is 0 Å². The third-order valence-corrected chi connectivity index (χ3v) is 2.58. The Labute approximate surface area is 82.4 Å². The zero-order valence-corrected chi connectivity index (χ0v) is 8.68. The maximum Gasteiger partial charge on any atom is 0.286 e. The summed E-state index contributed by atoms with van der Waals surface area (Å²) in [5, 5.41) is 2.01. The van der Waals surface area contributed by atoms with Gasteiger partial charge in [-0.05, 0) is 11.8 Å². The minimum atomic E-state index is -4.22. The largest absolute Gasteiger partial charge is 0.334 e. The van der Waals surface area contributed by atoms with Gasteiger partial charge in [0.05, 0.1) is 0 Å². The fourth-order valence-electron chi connectivity index (χ4n) is 0.662. The maximum atomic E-state index is 10.8. The number of nitrogens with one attached hydrogen (secondary N) is 1. The van der Waals surface area contributed by atoms with Gasteiger partial charge in [0.1, 0.15) is 0 Å². The topological polar surface area (TPSA) is 83.5 Å². The fraction of sp³-hybridized carbons (Fsp3) is 0.500. The van der Waals surface area contributed by atoms with E-state index >= 15 is 0 Å². The predicted molar refractivity (Wildman–Crippen MR) is 51.9 cm³/mol. The zero-order chi connectivity index (χ0) is 10.5. The molecule has 76 valence electrons. The van der Waals surface area contributed by atoms with Crippen molar-refractivity contribution in [3.05, 3.63) is 11.5 Å². The second kappa shape index (κ2) is 5.25. The Morgan fingerprint density at radius 1 is 1.69 bits per heavy atom. The van der Waals surface area contributed by atoms with Crippen LogP contribution in [0.1, 0.15) is 13.3 Å². The summed E-state index contributed by atoms with van der Waals surface area (Å²) >= 11 is 3.63. The second-order valence-corrected chi connectivity index (χ2v) is 4.13. The summed E-state index contributed by atoms with van der Waals surface area (Å²) in [6, 6.07) is 0. The molecule has 5 nitrogen and oxygen atoms in total. The summed E-state index contributed by atoms with van der Waals surface area (Å²) in [6.45, 7) is 1.53. The van der Waals surface area contributed by atoms with Crippen molar-refractivity contribution in [3.63, 3.8) is 0 Å². The number of carbonyl (C=O) groups excluding carboxylic acids is 1. The van der Waals surface area contributed by atoms with E-state index in [2.05, 4.69) is 17.9 Å². The Hall–Kier alpha value is -0.530. The van der Waals surface area contributed by atoms with E-state index in [1.165, 1.54) is 12.3 Å². The third kappa shape index (κ3) is 4.91. The highest BCUT2D eigenvalue weighted by Gasteiger charge is 2.21. The van der Waals surface area contributed by atoms with Crippen LogP contribution in [0.4, 0.5) is 0 Å². The molecule has 0 saturated heterocycles. The number of hydrogen-bond acceptors (Lipinski definition) is 4. The van der Waals surface area contributed by atoms with E-state index in [1.54, 1.807) is 0 Å². The number of thiol groups is 1. The summed E-state index contributed by atoms with van der Waals surface area (Å²) in [6.07, 6.45) is 1.15. The van der Waals surface area contributed by atoms with E-state index in [-0.39, 0.29) is 6.42 Å². The molecule has 0 bridgehead atoms. The first-order valence-corrected chi connectivity index (χ1v) is 5.51. The minimum Gasteiger partial charge on any atom is -0.334 e. The van der Waals surface area contributed by atoms with Crippen molar-refractivity contribution in [1.82, 2.24) is 5.32 Å². The molecule has 0 spiro atoms. The van der Waals surface area contributed by atoms with Crippen molar-refractivity contribution >= 4 is 28.7 Å². The van der Waals surface area contributed by atoms with E-state index in [0.29, 0.717) is 0 Å². The molecule has 0 aromatic rings. The average Bonchev–Trinajstić information content (AvgIpc) is 1.98. The van der Waals surface area contributed by atoms with Crippen LogP contribution in [0, 0.1) is 0 Å². The molecular formula is C6H11NO4S2. The van der Waals surface area contributed by atoms with Crippen molar-refractivity contribution in [1.29, 1.82) is 0 Å². The third-order valence-electron chi connectivity index (χ3n) is 1.26. The van der Waals surface area contributed by atoms with Gasteiger partial charge in [-0.3, -0.25) is 9.35 Å². The van der Waals surface area contributed by atoms with Crippen molar-refractivity contribution in [3.8, 4) is 0 Å². The molecular weight excluding hydrogens is 214 g/mol. The van der Waals surface area contributed by atoms with Gasteiger partial charge in [0.15, 0.2) is 5.37 Å². The molecule has 0 aromatic carbocycles. The van der Waals surface area contributed by atoms with E-state index in [0.717, 1.165) is 6.08 Å². The fourth-order valence-corrected chi connectivity index (χ4v) is 1.48. The van der Waals surface area contributed by atoms with Crippen LogP contribution in [-0.2, 0) is 14.9 Å². The first-order valence-electron chi connectivity index (χ1n) is 3.49. The highest BCUT2D eigenvalue weighted by molar-refractivity contribution is 7.86. The lowest BCUT2D eigenvalue weighted by Gasteiger charge is -2.11. The quantitative estimate of drug-likeness (QED) is 0.362. The van der Waals surface area contributed by atoms with Crippen molar-refractivity contribution in [2.24, 2.45) is 0 Å². The molecule has 0 fully saturated rings. The number of carbonyl (C=O) groups is 1. The Balaban J connectivity index is 4.40. The van der Waals surface area contributed by atoms with Crippen LogP contribution >= 0.6 is 12.6 Å². The van der Waals surface area contributed by atoms with Gasteiger partial charge in [-0.1, -0.05) is 6.92 Å². The van der Waals surface area contributed by atoms with Gasteiger partial charge in [0.25, 0.3) is 10.1 Å². The van der Waals surface area contributed by atoms with E-state index < -0.39 is 21.4 Å². The van der Waals surface area contributed by atoms with Crippen LogP contribution in [-0.4, -0.2) is 24.3 Å². The first-order chi connectivity index (χ1) is 5.91. The lowest BCUT2D eigenvalue weighted by atomic mass is 10.4.